The summed E-state index contributed by atoms with van der Waals surface area (Å²) in [5, 5.41) is 4.16. The van der Waals surface area contributed by atoms with Gasteiger partial charge in [-0.25, -0.2) is 0 Å². The Kier molecular flexibility index (Phi) is 4.65. The molecule has 0 saturated carbocycles. The van der Waals surface area contributed by atoms with E-state index in [9.17, 15) is 0 Å². The second kappa shape index (κ2) is 6.04. The molecule has 1 atom stereocenters. The molecule has 0 saturated heterocycles. The first-order valence-electron chi connectivity index (χ1n) is 5.80. The molecule has 94 valence electrons. The summed E-state index contributed by atoms with van der Waals surface area (Å²) in [5.41, 5.74) is 3.55. The molecule has 0 heterocycles. The first-order chi connectivity index (χ1) is 8.61. The number of nitrogens with one attached hydrogen (secondary N) is 1. The summed E-state index contributed by atoms with van der Waals surface area (Å²) in [5.74, 6) is 0. The van der Waals surface area contributed by atoms with Crippen molar-refractivity contribution < 1.29 is 0 Å². The zero-order chi connectivity index (χ0) is 13.1. The van der Waals surface area contributed by atoms with Crippen LogP contribution in [0.25, 0.3) is 0 Å². The molecule has 0 bridgehead atoms. The van der Waals surface area contributed by atoms with Crippen molar-refractivity contribution in [2.45, 2.75) is 13.0 Å². The molecule has 0 aliphatic heterocycles. The largest absolute Gasteiger partial charge is 0.309 e. The maximum absolute atomic E-state index is 6.20. The van der Waals surface area contributed by atoms with Gasteiger partial charge in [-0.15, -0.1) is 0 Å². The lowest BCUT2D eigenvalue weighted by Crippen LogP contribution is -2.17. The van der Waals surface area contributed by atoms with E-state index in [2.05, 4.69) is 64.3 Å². The van der Waals surface area contributed by atoms with Crippen molar-refractivity contribution in [1.82, 2.24) is 5.32 Å². The minimum Gasteiger partial charge on any atom is -0.309 e. The normalized spacial score (nSPS) is 12.4. The second-order valence-corrected chi connectivity index (χ2v) is 5.94. The van der Waals surface area contributed by atoms with E-state index in [0.29, 0.717) is 0 Å². The molecule has 0 radical (unpaired) electrons. The van der Waals surface area contributed by atoms with Gasteiger partial charge in [0.25, 0.3) is 0 Å². The average Bonchev–Trinajstić information content (AvgIpc) is 2.35. The number of rotatable bonds is 3. The lowest BCUT2D eigenvalue weighted by Gasteiger charge is -2.18. The zero-order valence-corrected chi connectivity index (χ0v) is 13.3. The highest BCUT2D eigenvalue weighted by Crippen LogP contribution is 2.26. The maximum atomic E-state index is 6.20. The van der Waals surface area contributed by atoms with Crippen LogP contribution in [0.5, 0.6) is 0 Å². The fourth-order valence-corrected chi connectivity index (χ4v) is 2.76. The summed E-state index contributed by atoms with van der Waals surface area (Å²) in [4.78, 5) is 0. The van der Waals surface area contributed by atoms with Crippen molar-refractivity contribution in [2.24, 2.45) is 0 Å². The Balaban J connectivity index is 2.42. The van der Waals surface area contributed by atoms with Crippen molar-refractivity contribution in [3.8, 4) is 0 Å². The predicted octanol–water partition coefficient (Wildman–Crippen LogP) is 4.56. The average molecular weight is 372 g/mol. The van der Waals surface area contributed by atoms with Crippen molar-refractivity contribution in [1.29, 1.82) is 0 Å². The molecule has 0 aliphatic carbocycles. The Hall–Kier alpha value is -0.580. The SMILES string of the molecule is CNC(c1cccc(I)c1)c1ccc(C)c(Cl)c1. The molecule has 2 aromatic carbocycles. The summed E-state index contributed by atoms with van der Waals surface area (Å²) in [7, 11) is 1.97. The molecule has 1 unspecified atom stereocenters. The summed E-state index contributed by atoms with van der Waals surface area (Å²) >= 11 is 8.54. The number of aryl methyl sites for hydroxylation is 1. The molecule has 0 amide bonds. The maximum Gasteiger partial charge on any atom is 0.0575 e. The van der Waals surface area contributed by atoms with Crippen LogP contribution in [0.1, 0.15) is 22.7 Å². The number of halogens is 2. The molecule has 0 aliphatic rings. The molecule has 0 aromatic heterocycles. The summed E-state index contributed by atoms with van der Waals surface area (Å²) in [6.07, 6.45) is 0. The van der Waals surface area contributed by atoms with Crippen molar-refractivity contribution in [3.05, 3.63) is 67.7 Å². The van der Waals surface area contributed by atoms with Crippen LogP contribution < -0.4 is 5.32 Å². The van der Waals surface area contributed by atoms with Gasteiger partial charge in [-0.2, -0.15) is 0 Å². The van der Waals surface area contributed by atoms with E-state index in [0.717, 1.165) is 10.6 Å². The van der Waals surface area contributed by atoms with Gasteiger partial charge in [-0.3, -0.25) is 0 Å². The smallest absolute Gasteiger partial charge is 0.0575 e. The summed E-state index contributed by atoms with van der Waals surface area (Å²) in [6, 6.07) is 14.9. The van der Waals surface area contributed by atoms with Crippen LogP contribution in [0.3, 0.4) is 0 Å². The van der Waals surface area contributed by atoms with E-state index in [-0.39, 0.29) is 6.04 Å². The Labute approximate surface area is 127 Å². The van der Waals surface area contributed by atoms with Crippen LogP contribution in [0, 0.1) is 10.5 Å². The third-order valence-corrected chi connectivity index (χ3v) is 4.08. The highest BCUT2D eigenvalue weighted by Gasteiger charge is 2.12. The molecular formula is C15H15ClIN. The van der Waals surface area contributed by atoms with Gasteiger partial charge in [-0.1, -0.05) is 35.9 Å². The lowest BCUT2D eigenvalue weighted by molar-refractivity contribution is 0.691. The van der Waals surface area contributed by atoms with Gasteiger partial charge in [0.1, 0.15) is 0 Å². The van der Waals surface area contributed by atoms with E-state index >= 15 is 0 Å². The third-order valence-electron chi connectivity index (χ3n) is 3.00. The second-order valence-electron chi connectivity index (χ2n) is 4.29. The van der Waals surface area contributed by atoms with Crippen LogP contribution in [0.4, 0.5) is 0 Å². The molecule has 2 rings (SSSR count). The van der Waals surface area contributed by atoms with Gasteiger partial charge >= 0.3 is 0 Å². The molecule has 0 spiro atoms. The van der Waals surface area contributed by atoms with Crippen molar-refractivity contribution >= 4 is 34.2 Å². The highest BCUT2D eigenvalue weighted by molar-refractivity contribution is 14.1. The highest BCUT2D eigenvalue weighted by atomic mass is 127. The van der Waals surface area contributed by atoms with E-state index < -0.39 is 0 Å². The van der Waals surface area contributed by atoms with Crippen LogP contribution in [-0.4, -0.2) is 7.05 Å². The standard InChI is InChI=1S/C15H15ClIN/c1-10-6-7-12(9-14(10)16)15(18-2)11-4-3-5-13(17)8-11/h3-9,15,18H,1-2H3. The van der Waals surface area contributed by atoms with Crippen LogP contribution >= 0.6 is 34.2 Å². The molecule has 1 N–H and O–H groups in total. The van der Waals surface area contributed by atoms with E-state index in [4.69, 9.17) is 11.6 Å². The zero-order valence-electron chi connectivity index (χ0n) is 10.4. The van der Waals surface area contributed by atoms with Gasteiger partial charge in [0, 0.05) is 8.59 Å². The van der Waals surface area contributed by atoms with Crippen LogP contribution in [0.15, 0.2) is 42.5 Å². The Morgan fingerprint density at radius 1 is 1.11 bits per heavy atom. The summed E-state index contributed by atoms with van der Waals surface area (Å²) < 4.78 is 1.24. The lowest BCUT2D eigenvalue weighted by atomic mass is 9.98. The number of hydrogen-bond donors (Lipinski definition) is 1. The van der Waals surface area contributed by atoms with Crippen molar-refractivity contribution in [3.63, 3.8) is 0 Å². The molecule has 2 aromatic rings. The molecule has 18 heavy (non-hydrogen) atoms. The Morgan fingerprint density at radius 2 is 1.83 bits per heavy atom. The third kappa shape index (κ3) is 3.05. The molecule has 1 nitrogen and oxygen atoms in total. The first-order valence-corrected chi connectivity index (χ1v) is 7.26. The predicted molar refractivity (Wildman–Crippen MR) is 86.3 cm³/mol. The minimum atomic E-state index is 0.179. The fourth-order valence-electron chi connectivity index (χ4n) is 2.00. The first kappa shape index (κ1) is 13.8. The number of benzene rings is 2. The molecule has 3 heteroatoms. The summed E-state index contributed by atoms with van der Waals surface area (Å²) in [6.45, 7) is 2.02. The fraction of sp³-hybridized carbons (Fsp3) is 0.200. The minimum absolute atomic E-state index is 0.179. The van der Waals surface area contributed by atoms with Gasteiger partial charge < -0.3 is 5.32 Å². The van der Waals surface area contributed by atoms with Crippen LogP contribution in [-0.2, 0) is 0 Å². The topological polar surface area (TPSA) is 12.0 Å². The van der Waals surface area contributed by atoms with Gasteiger partial charge in [0.2, 0.25) is 0 Å². The number of hydrogen-bond acceptors (Lipinski definition) is 1. The molecular weight excluding hydrogens is 357 g/mol. The monoisotopic (exact) mass is 371 g/mol. The Bertz CT molecular complexity index is 554. The van der Waals surface area contributed by atoms with E-state index in [1.807, 2.05) is 20.0 Å². The van der Waals surface area contributed by atoms with Gasteiger partial charge in [-0.05, 0) is 71.5 Å². The van der Waals surface area contributed by atoms with E-state index in [1.165, 1.54) is 14.7 Å². The van der Waals surface area contributed by atoms with Gasteiger partial charge in [0.15, 0.2) is 0 Å². The molecule has 0 fully saturated rings. The quantitative estimate of drug-likeness (QED) is 0.780. The van der Waals surface area contributed by atoms with Crippen molar-refractivity contribution in [2.75, 3.05) is 7.05 Å². The van der Waals surface area contributed by atoms with Gasteiger partial charge in [0.05, 0.1) is 6.04 Å². The van der Waals surface area contributed by atoms with Crippen LogP contribution in [0.2, 0.25) is 5.02 Å². The Morgan fingerprint density at radius 3 is 2.44 bits per heavy atom. The van der Waals surface area contributed by atoms with E-state index in [1.54, 1.807) is 0 Å².